The van der Waals surface area contributed by atoms with E-state index >= 15 is 0 Å². The Morgan fingerprint density at radius 2 is 1.50 bits per heavy atom. The van der Waals surface area contributed by atoms with Gasteiger partial charge in [0.1, 0.15) is 5.75 Å². The Labute approximate surface area is 155 Å². The normalized spacial score (nSPS) is 11.4. The van der Waals surface area contributed by atoms with Gasteiger partial charge in [-0.2, -0.15) is 8.42 Å². The third-order valence-electron chi connectivity index (χ3n) is 3.70. The first-order valence-corrected chi connectivity index (χ1v) is 10.3. The number of amides is 1. The maximum Gasteiger partial charge on any atom is 0.306 e. The van der Waals surface area contributed by atoms with Crippen LogP contribution in [-0.2, 0) is 28.0 Å². The van der Waals surface area contributed by atoms with Crippen LogP contribution < -0.4 is 4.18 Å². The molecule has 0 aliphatic carbocycles. The van der Waals surface area contributed by atoms with Crippen LogP contribution in [0.15, 0.2) is 54.6 Å². The fourth-order valence-electron chi connectivity index (χ4n) is 2.56. The lowest BCUT2D eigenvalue weighted by atomic mass is 10.1. The summed E-state index contributed by atoms with van der Waals surface area (Å²) in [6.07, 6.45) is 1.50. The van der Waals surface area contributed by atoms with E-state index < -0.39 is 10.1 Å². The van der Waals surface area contributed by atoms with Crippen molar-refractivity contribution >= 4 is 16.0 Å². The van der Waals surface area contributed by atoms with Crippen LogP contribution in [0.5, 0.6) is 5.75 Å². The van der Waals surface area contributed by atoms with Gasteiger partial charge >= 0.3 is 10.1 Å². The third kappa shape index (κ3) is 6.88. The van der Waals surface area contributed by atoms with Gasteiger partial charge < -0.3 is 9.08 Å². The van der Waals surface area contributed by atoms with Crippen LogP contribution in [0, 0.1) is 5.92 Å². The third-order valence-corrected chi connectivity index (χ3v) is 4.19. The molecule has 0 fully saturated rings. The molecule has 2 aromatic carbocycles. The Kier molecular flexibility index (Phi) is 6.80. The molecule has 0 unspecified atom stereocenters. The molecule has 0 bridgehead atoms. The number of carbonyl (C=O) groups excluding carboxylic acids is 1. The number of carbonyl (C=O) groups is 1. The second kappa shape index (κ2) is 8.85. The van der Waals surface area contributed by atoms with Gasteiger partial charge in [-0.3, -0.25) is 4.79 Å². The van der Waals surface area contributed by atoms with Crippen LogP contribution in [-0.4, -0.2) is 25.5 Å². The van der Waals surface area contributed by atoms with Crippen LogP contribution >= 0.6 is 0 Å². The minimum atomic E-state index is -3.55. The van der Waals surface area contributed by atoms with Crippen LogP contribution in [0.3, 0.4) is 0 Å². The van der Waals surface area contributed by atoms with E-state index in [2.05, 4.69) is 0 Å². The van der Waals surface area contributed by atoms with E-state index in [1.54, 1.807) is 24.3 Å². The molecule has 5 nitrogen and oxygen atoms in total. The van der Waals surface area contributed by atoms with Gasteiger partial charge in [0.15, 0.2) is 0 Å². The van der Waals surface area contributed by atoms with Crippen LogP contribution in [0.4, 0.5) is 0 Å². The first kappa shape index (κ1) is 20.0. The monoisotopic (exact) mass is 375 g/mol. The van der Waals surface area contributed by atoms with Gasteiger partial charge in [-0.1, -0.05) is 56.3 Å². The van der Waals surface area contributed by atoms with E-state index in [1.807, 2.05) is 49.1 Å². The molecule has 6 heteroatoms. The van der Waals surface area contributed by atoms with E-state index in [4.69, 9.17) is 4.18 Å². The smallest absolute Gasteiger partial charge is 0.306 e. The summed E-state index contributed by atoms with van der Waals surface area (Å²) in [5.41, 5.74) is 1.99. The first-order valence-electron chi connectivity index (χ1n) is 8.53. The van der Waals surface area contributed by atoms with Crippen molar-refractivity contribution in [3.05, 3.63) is 65.7 Å². The van der Waals surface area contributed by atoms with Crippen molar-refractivity contribution in [2.45, 2.75) is 33.4 Å². The quantitative estimate of drug-likeness (QED) is 0.661. The average molecular weight is 375 g/mol. The van der Waals surface area contributed by atoms with Crippen molar-refractivity contribution in [1.29, 1.82) is 0 Å². The van der Waals surface area contributed by atoms with Gasteiger partial charge in [-0.25, -0.2) is 0 Å². The summed E-state index contributed by atoms with van der Waals surface area (Å²) in [6.45, 7) is 5.04. The molecule has 0 saturated carbocycles. The zero-order valence-electron chi connectivity index (χ0n) is 15.4. The molecule has 0 N–H and O–H groups in total. The number of rotatable bonds is 8. The second-order valence-corrected chi connectivity index (χ2v) is 8.34. The predicted octanol–water partition coefficient (Wildman–Crippen LogP) is 3.60. The van der Waals surface area contributed by atoms with E-state index in [1.165, 1.54) is 0 Å². The summed E-state index contributed by atoms with van der Waals surface area (Å²) in [5, 5.41) is 0. The van der Waals surface area contributed by atoms with E-state index in [-0.39, 0.29) is 17.6 Å². The summed E-state index contributed by atoms with van der Waals surface area (Å²) < 4.78 is 27.2. The lowest BCUT2D eigenvalue weighted by Crippen LogP contribution is -2.30. The molecule has 2 rings (SSSR count). The van der Waals surface area contributed by atoms with Gasteiger partial charge in [-0.05, 0) is 29.2 Å². The Balaban J connectivity index is 2.13. The fourth-order valence-corrected chi connectivity index (χ4v) is 3.02. The highest BCUT2D eigenvalue weighted by Gasteiger charge is 2.16. The molecule has 0 aliphatic rings. The van der Waals surface area contributed by atoms with E-state index in [0.717, 1.165) is 17.4 Å². The minimum absolute atomic E-state index is 0.0975. The van der Waals surface area contributed by atoms with Crippen molar-refractivity contribution in [3.63, 3.8) is 0 Å². The molecule has 0 aromatic heterocycles. The topological polar surface area (TPSA) is 63.7 Å². The van der Waals surface area contributed by atoms with Gasteiger partial charge in [0, 0.05) is 19.5 Å². The van der Waals surface area contributed by atoms with E-state index in [0.29, 0.717) is 19.5 Å². The maximum atomic E-state index is 12.6. The summed E-state index contributed by atoms with van der Waals surface area (Å²) in [5.74, 6) is 0.644. The maximum absolute atomic E-state index is 12.6. The second-order valence-electron chi connectivity index (χ2n) is 6.76. The Bertz CT molecular complexity index is 815. The zero-order chi connectivity index (χ0) is 19.2. The number of hydrogen-bond donors (Lipinski definition) is 0. The lowest BCUT2D eigenvalue weighted by molar-refractivity contribution is -0.133. The average Bonchev–Trinajstić information content (AvgIpc) is 2.55. The van der Waals surface area contributed by atoms with Gasteiger partial charge in [0.2, 0.25) is 5.91 Å². The molecule has 0 aliphatic heterocycles. The molecule has 140 valence electrons. The highest BCUT2D eigenvalue weighted by Crippen LogP contribution is 2.18. The first-order chi connectivity index (χ1) is 12.2. The number of nitrogens with zero attached hydrogens (tertiary/aromatic N) is 1. The van der Waals surface area contributed by atoms with Gasteiger partial charge in [-0.15, -0.1) is 0 Å². The molecular weight excluding hydrogens is 350 g/mol. The van der Waals surface area contributed by atoms with Crippen molar-refractivity contribution in [3.8, 4) is 5.75 Å². The van der Waals surface area contributed by atoms with Gasteiger partial charge in [0.05, 0.1) is 6.26 Å². The minimum Gasteiger partial charge on any atom is -0.383 e. The Morgan fingerprint density at radius 3 is 2.00 bits per heavy atom. The molecule has 26 heavy (non-hydrogen) atoms. The van der Waals surface area contributed by atoms with Crippen molar-refractivity contribution in [2.75, 3.05) is 6.26 Å². The molecule has 0 radical (unpaired) electrons. The van der Waals surface area contributed by atoms with Crippen molar-refractivity contribution in [1.82, 2.24) is 4.90 Å². The Morgan fingerprint density at radius 1 is 0.962 bits per heavy atom. The summed E-state index contributed by atoms with van der Waals surface area (Å²) in [4.78, 5) is 14.5. The largest absolute Gasteiger partial charge is 0.383 e. The molecular formula is C20H25NO4S. The number of benzene rings is 2. The Hall–Kier alpha value is -2.34. The summed E-state index contributed by atoms with van der Waals surface area (Å²) in [6, 6.07) is 16.6. The van der Waals surface area contributed by atoms with E-state index in [9.17, 15) is 13.2 Å². The standard InChI is InChI=1S/C20H25NO4S/c1-16(2)13-20(22)21(14-17-7-5-4-6-8-17)15-18-9-11-19(12-10-18)25-26(3,23)24/h4-12,16H,13-15H2,1-3H3. The molecule has 1 amide bonds. The molecule has 0 heterocycles. The molecule has 0 saturated heterocycles. The van der Waals surface area contributed by atoms with Crippen LogP contribution in [0.2, 0.25) is 0 Å². The predicted molar refractivity (Wildman–Crippen MR) is 102 cm³/mol. The number of hydrogen-bond acceptors (Lipinski definition) is 4. The van der Waals surface area contributed by atoms with Crippen LogP contribution in [0.25, 0.3) is 0 Å². The summed E-state index contributed by atoms with van der Waals surface area (Å²) in [7, 11) is -3.55. The van der Waals surface area contributed by atoms with Crippen LogP contribution in [0.1, 0.15) is 31.4 Å². The highest BCUT2D eigenvalue weighted by molar-refractivity contribution is 7.86. The van der Waals surface area contributed by atoms with Crippen molar-refractivity contribution in [2.24, 2.45) is 5.92 Å². The SMILES string of the molecule is CC(C)CC(=O)N(Cc1ccccc1)Cc1ccc(OS(C)(=O)=O)cc1. The molecule has 2 aromatic rings. The zero-order valence-corrected chi connectivity index (χ0v) is 16.2. The van der Waals surface area contributed by atoms with Gasteiger partial charge in [0.25, 0.3) is 0 Å². The van der Waals surface area contributed by atoms with Crippen molar-refractivity contribution < 1.29 is 17.4 Å². The highest BCUT2D eigenvalue weighted by atomic mass is 32.2. The summed E-state index contributed by atoms with van der Waals surface area (Å²) >= 11 is 0. The fraction of sp³-hybridized carbons (Fsp3) is 0.350. The molecule has 0 atom stereocenters. The molecule has 0 spiro atoms. The lowest BCUT2D eigenvalue weighted by Gasteiger charge is -2.24.